The van der Waals surface area contributed by atoms with Crippen molar-refractivity contribution in [2.45, 2.75) is 13.8 Å². The van der Waals surface area contributed by atoms with Gasteiger partial charge in [0.05, 0.1) is 10.4 Å². The molecule has 0 aromatic carbocycles. The van der Waals surface area contributed by atoms with Gasteiger partial charge in [-0.25, -0.2) is 4.79 Å². The van der Waals surface area contributed by atoms with Crippen LogP contribution in [0.1, 0.15) is 18.7 Å². The first kappa shape index (κ1) is 12.9. The number of ether oxygens (including phenoxy) is 1. The van der Waals surface area contributed by atoms with E-state index in [1.54, 1.807) is 25.2 Å². The van der Waals surface area contributed by atoms with Crippen LogP contribution in [0.3, 0.4) is 0 Å². The van der Waals surface area contributed by atoms with Crippen molar-refractivity contribution in [2.75, 3.05) is 6.61 Å². The molecule has 0 aliphatic heterocycles. The van der Waals surface area contributed by atoms with E-state index in [-0.39, 0.29) is 5.97 Å². The van der Waals surface area contributed by atoms with Crippen molar-refractivity contribution in [3.8, 4) is 0 Å². The van der Waals surface area contributed by atoms with E-state index in [1.807, 2.05) is 12.1 Å². The molecule has 2 nitrogen and oxygen atoms in total. The van der Waals surface area contributed by atoms with Crippen LogP contribution in [-0.2, 0) is 9.53 Å². The summed E-state index contributed by atoms with van der Waals surface area (Å²) in [5.41, 5.74) is 0.609. The van der Waals surface area contributed by atoms with Crippen molar-refractivity contribution in [1.82, 2.24) is 0 Å². The maximum absolute atomic E-state index is 11.3. The minimum atomic E-state index is -0.266. The second kappa shape index (κ2) is 5.82. The Labute approximate surface area is 110 Å². The van der Waals surface area contributed by atoms with E-state index in [2.05, 4.69) is 31.9 Å². The molecule has 82 valence electrons. The van der Waals surface area contributed by atoms with E-state index in [4.69, 9.17) is 4.74 Å². The first-order chi connectivity index (χ1) is 7.04. The minimum Gasteiger partial charge on any atom is -0.463 e. The number of carbonyl (C=O) groups is 1. The number of halogens is 2. The molecule has 0 bridgehead atoms. The summed E-state index contributed by atoms with van der Waals surface area (Å²) in [6.45, 7) is 3.95. The predicted molar refractivity (Wildman–Crippen MR) is 70.0 cm³/mol. The van der Waals surface area contributed by atoms with Gasteiger partial charge in [-0.3, -0.25) is 0 Å². The highest BCUT2D eigenvalue weighted by Crippen LogP contribution is 2.33. The Morgan fingerprint density at radius 2 is 2.27 bits per heavy atom. The van der Waals surface area contributed by atoms with Crippen LogP contribution in [0, 0.1) is 0 Å². The van der Waals surface area contributed by atoms with Crippen LogP contribution in [-0.4, -0.2) is 12.6 Å². The normalized spacial score (nSPS) is 11.6. The molecule has 0 aliphatic carbocycles. The van der Waals surface area contributed by atoms with E-state index in [0.29, 0.717) is 12.2 Å². The van der Waals surface area contributed by atoms with Crippen LogP contribution in [0.4, 0.5) is 0 Å². The summed E-state index contributed by atoms with van der Waals surface area (Å²) in [6, 6.07) is 1.96. The zero-order valence-electron chi connectivity index (χ0n) is 8.34. The second-order valence-corrected chi connectivity index (χ2v) is 6.07. The molecule has 0 N–H and O–H groups in total. The number of carbonyl (C=O) groups excluding carboxylic acids is 1. The maximum atomic E-state index is 11.3. The zero-order valence-corrected chi connectivity index (χ0v) is 12.3. The van der Waals surface area contributed by atoms with Gasteiger partial charge in [-0.1, -0.05) is 0 Å². The van der Waals surface area contributed by atoms with Gasteiger partial charge in [-0.05, 0) is 57.8 Å². The second-order valence-electron chi connectivity index (χ2n) is 2.82. The number of esters is 1. The van der Waals surface area contributed by atoms with Crippen molar-refractivity contribution in [1.29, 1.82) is 0 Å². The van der Waals surface area contributed by atoms with Crippen LogP contribution in [0.25, 0.3) is 6.08 Å². The predicted octanol–water partition coefficient (Wildman–Crippen LogP) is 4.24. The fourth-order valence-corrected chi connectivity index (χ4v) is 3.04. The lowest BCUT2D eigenvalue weighted by atomic mass is 10.2. The van der Waals surface area contributed by atoms with Crippen LogP contribution < -0.4 is 0 Å². The standard InChI is InChI=1S/C10H10Br2O2S/c1-3-14-10(13)6(2)4-7-5-8(11)9(12)15-7/h4-5H,3H2,1-2H3. The minimum absolute atomic E-state index is 0.266. The Morgan fingerprint density at radius 3 is 2.73 bits per heavy atom. The molecule has 1 rings (SSSR count). The number of hydrogen-bond acceptors (Lipinski definition) is 3. The van der Waals surface area contributed by atoms with Gasteiger partial charge >= 0.3 is 5.97 Å². The number of thiophene rings is 1. The van der Waals surface area contributed by atoms with Crippen molar-refractivity contribution in [3.63, 3.8) is 0 Å². The van der Waals surface area contributed by atoms with Crippen LogP contribution in [0.5, 0.6) is 0 Å². The van der Waals surface area contributed by atoms with Gasteiger partial charge in [0.1, 0.15) is 0 Å². The summed E-state index contributed by atoms with van der Waals surface area (Å²) in [6.07, 6.45) is 1.82. The third-order valence-corrected chi connectivity index (χ3v) is 4.82. The van der Waals surface area contributed by atoms with E-state index in [0.717, 1.165) is 13.1 Å². The summed E-state index contributed by atoms with van der Waals surface area (Å²) in [5, 5.41) is 0. The van der Waals surface area contributed by atoms with Gasteiger partial charge in [0.2, 0.25) is 0 Å². The van der Waals surface area contributed by atoms with Gasteiger partial charge in [0.25, 0.3) is 0 Å². The van der Waals surface area contributed by atoms with E-state index >= 15 is 0 Å². The highest BCUT2D eigenvalue weighted by atomic mass is 79.9. The summed E-state index contributed by atoms with van der Waals surface area (Å²) in [5.74, 6) is -0.266. The molecule has 1 aromatic heterocycles. The Bertz CT molecular complexity index is 377. The SMILES string of the molecule is CCOC(=O)C(C)=Cc1cc(Br)c(Br)s1. The smallest absolute Gasteiger partial charge is 0.333 e. The maximum Gasteiger partial charge on any atom is 0.333 e. The van der Waals surface area contributed by atoms with Gasteiger partial charge in [-0.15, -0.1) is 11.3 Å². The molecular weight excluding hydrogens is 344 g/mol. The van der Waals surface area contributed by atoms with Crippen molar-refractivity contribution >= 4 is 55.2 Å². The molecule has 0 atom stereocenters. The molecule has 0 amide bonds. The summed E-state index contributed by atoms with van der Waals surface area (Å²) in [4.78, 5) is 12.3. The largest absolute Gasteiger partial charge is 0.463 e. The number of hydrogen-bond donors (Lipinski definition) is 0. The monoisotopic (exact) mass is 352 g/mol. The van der Waals surface area contributed by atoms with Crippen molar-refractivity contribution in [2.24, 2.45) is 0 Å². The summed E-state index contributed by atoms with van der Waals surface area (Å²) >= 11 is 8.36. The average Bonchev–Trinajstić information content (AvgIpc) is 2.46. The molecular formula is C10H10Br2O2S. The Balaban J connectivity index is 2.82. The molecule has 1 heterocycles. The van der Waals surface area contributed by atoms with Crippen LogP contribution in [0.2, 0.25) is 0 Å². The fourth-order valence-electron chi connectivity index (χ4n) is 0.952. The molecule has 0 unspecified atom stereocenters. The Kier molecular flexibility index (Phi) is 5.02. The van der Waals surface area contributed by atoms with Gasteiger partial charge in [0.15, 0.2) is 0 Å². The number of rotatable bonds is 3. The molecule has 5 heteroatoms. The summed E-state index contributed by atoms with van der Waals surface area (Å²) < 4.78 is 6.90. The molecule has 15 heavy (non-hydrogen) atoms. The first-order valence-electron chi connectivity index (χ1n) is 4.34. The lowest BCUT2D eigenvalue weighted by Gasteiger charge is -1.99. The molecule has 1 aromatic rings. The first-order valence-corrected chi connectivity index (χ1v) is 6.75. The molecule has 0 radical (unpaired) electrons. The average molecular weight is 354 g/mol. The third kappa shape index (κ3) is 3.74. The molecule has 0 saturated carbocycles. The molecule has 0 fully saturated rings. The van der Waals surface area contributed by atoms with Gasteiger partial charge in [0, 0.05) is 14.9 Å². The molecule has 0 spiro atoms. The van der Waals surface area contributed by atoms with Crippen molar-refractivity contribution < 1.29 is 9.53 Å². The van der Waals surface area contributed by atoms with E-state index in [9.17, 15) is 4.79 Å². The highest BCUT2D eigenvalue weighted by Gasteiger charge is 2.07. The van der Waals surface area contributed by atoms with Crippen LogP contribution >= 0.6 is 43.2 Å². The van der Waals surface area contributed by atoms with E-state index in [1.165, 1.54) is 0 Å². The Morgan fingerprint density at radius 1 is 1.60 bits per heavy atom. The third-order valence-electron chi connectivity index (χ3n) is 1.62. The van der Waals surface area contributed by atoms with E-state index < -0.39 is 0 Å². The summed E-state index contributed by atoms with van der Waals surface area (Å²) in [7, 11) is 0. The van der Waals surface area contributed by atoms with Gasteiger partial charge in [-0.2, -0.15) is 0 Å². The highest BCUT2D eigenvalue weighted by molar-refractivity contribution is 9.13. The van der Waals surface area contributed by atoms with Crippen molar-refractivity contribution in [3.05, 3.63) is 24.8 Å². The fraction of sp³-hybridized carbons (Fsp3) is 0.300. The van der Waals surface area contributed by atoms with Crippen LogP contribution in [0.15, 0.2) is 19.9 Å². The lowest BCUT2D eigenvalue weighted by molar-refractivity contribution is -0.138. The molecule has 0 saturated heterocycles. The zero-order chi connectivity index (χ0) is 11.4. The quantitative estimate of drug-likeness (QED) is 0.600. The van der Waals surface area contributed by atoms with Gasteiger partial charge < -0.3 is 4.74 Å². The lowest BCUT2D eigenvalue weighted by Crippen LogP contribution is -2.04. The molecule has 0 aliphatic rings. The Hall–Kier alpha value is -0.130. The topological polar surface area (TPSA) is 26.3 Å².